The van der Waals surface area contributed by atoms with Crippen LogP contribution in [0.1, 0.15) is 60.6 Å². The van der Waals surface area contributed by atoms with Crippen LogP contribution in [0.4, 0.5) is 18.0 Å². The van der Waals surface area contributed by atoms with E-state index in [9.17, 15) is 18.0 Å². The molecular formula is C20H30BF3N2O4. The number of hydrogen-bond acceptors (Lipinski definition) is 5. The number of rotatable bonds is 5. The molecule has 2 heterocycles. The Hall–Kier alpha value is -1.81. The summed E-state index contributed by atoms with van der Waals surface area (Å²) in [6.45, 7) is 12.0. The van der Waals surface area contributed by atoms with Gasteiger partial charge >= 0.3 is 19.4 Å². The second-order valence-electron chi connectivity index (χ2n) is 9.44. The number of halogens is 3. The van der Waals surface area contributed by atoms with Crippen molar-refractivity contribution in [2.24, 2.45) is 0 Å². The fraction of sp³-hybridized carbons (Fsp3) is 0.700. The van der Waals surface area contributed by atoms with Crippen molar-refractivity contribution in [2.45, 2.75) is 84.4 Å². The lowest BCUT2D eigenvalue weighted by atomic mass is 9.79. The summed E-state index contributed by atoms with van der Waals surface area (Å²) in [5.41, 5.74) is -0.799. The van der Waals surface area contributed by atoms with Crippen molar-refractivity contribution >= 4 is 18.7 Å². The number of alkyl halides is 3. The topological polar surface area (TPSA) is 60.9 Å². The zero-order valence-corrected chi connectivity index (χ0v) is 18.6. The Balaban J connectivity index is 2.19. The maximum absolute atomic E-state index is 12.7. The quantitative estimate of drug-likeness (QED) is 0.660. The van der Waals surface area contributed by atoms with E-state index < -0.39 is 49.2 Å². The highest BCUT2D eigenvalue weighted by Crippen LogP contribution is 2.36. The molecule has 0 radical (unpaired) electrons. The van der Waals surface area contributed by atoms with Gasteiger partial charge in [-0.1, -0.05) is 0 Å². The van der Waals surface area contributed by atoms with Gasteiger partial charge < -0.3 is 18.9 Å². The lowest BCUT2D eigenvalue weighted by Crippen LogP contribution is -2.41. The van der Waals surface area contributed by atoms with Crippen molar-refractivity contribution in [1.82, 2.24) is 9.88 Å². The van der Waals surface area contributed by atoms with Gasteiger partial charge in [0.25, 0.3) is 0 Å². The molecule has 0 aromatic carbocycles. The van der Waals surface area contributed by atoms with Gasteiger partial charge in [-0.05, 0) is 66.1 Å². The van der Waals surface area contributed by atoms with Gasteiger partial charge in [0, 0.05) is 12.7 Å². The summed E-state index contributed by atoms with van der Waals surface area (Å²) in [5.74, 6) is 0. The Morgan fingerprint density at radius 1 is 1.17 bits per heavy atom. The first kappa shape index (κ1) is 24.5. The fourth-order valence-electron chi connectivity index (χ4n) is 2.73. The van der Waals surface area contributed by atoms with Crippen LogP contribution in [-0.4, -0.2) is 52.6 Å². The van der Waals surface area contributed by atoms with Crippen LogP contribution >= 0.6 is 0 Å². The fourth-order valence-corrected chi connectivity index (χ4v) is 2.73. The van der Waals surface area contributed by atoms with Crippen molar-refractivity contribution in [3.63, 3.8) is 0 Å². The predicted octanol–water partition coefficient (Wildman–Crippen LogP) is 4.07. The summed E-state index contributed by atoms with van der Waals surface area (Å²) in [5, 5.41) is 0. The molecule has 1 aromatic rings. The van der Waals surface area contributed by atoms with E-state index >= 15 is 0 Å². The Bertz CT molecular complexity index is 747. The van der Waals surface area contributed by atoms with E-state index in [4.69, 9.17) is 14.0 Å². The number of hydrogen-bond donors (Lipinski definition) is 0. The van der Waals surface area contributed by atoms with Crippen LogP contribution in [0.5, 0.6) is 0 Å². The summed E-state index contributed by atoms with van der Waals surface area (Å²) < 4.78 is 55.5. The number of carbonyl (C=O) groups is 1. The Kier molecular flexibility index (Phi) is 6.83. The van der Waals surface area contributed by atoms with E-state index in [0.29, 0.717) is 11.2 Å². The van der Waals surface area contributed by atoms with Crippen LogP contribution in [0.15, 0.2) is 18.3 Å². The predicted molar refractivity (Wildman–Crippen MR) is 107 cm³/mol. The van der Waals surface area contributed by atoms with Crippen molar-refractivity contribution in [3.05, 3.63) is 24.0 Å². The summed E-state index contributed by atoms with van der Waals surface area (Å²) in [6.07, 6.45) is -4.83. The largest absolute Gasteiger partial charge is 0.494 e. The minimum absolute atomic E-state index is 0.127. The highest BCUT2D eigenvalue weighted by atomic mass is 19.4. The molecular weight excluding hydrogens is 400 g/mol. The van der Waals surface area contributed by atoms with Gasteiger partial charge in [0.2, 0.25) is 0 Å². The molecule has 1 aromatic heterocycles. The van der Waals surface area contributed by atoms with Crippen molar-refractivity contribution in [3.8, 4) is 0 Å². The molecule has 0 spiro atoms. The van der Waals surface area contributed by atoms with Crippen molar-refractivity contribution < 1.29 is 32.0 Å². The SMILES string of the molecule is CC(C)(C)OC(=O)N(CCC(F)(F)F)Cc1cc(B2OC(C)(C)C(C)(C)O2)ccn1. The van der Waals surface area contributed by atoms with Gasteiger partial charge in [0.05, 0.1) is 29.9 Å². The van der Waals surface area contributed by atoms with Gasteiger partial charge in [0.15, 0.2) is 0 Å². The molecule has 1 aliphatic rings. The Morgan fingerprint density at radius 2 is 1.73 bits per heavy atom. The van der Waals surface area contributed by atoms with Crippen LogP contribution in [-0.2, 0) is 20.6 Å². The Labute approximate surface area is 176 Å². The number of nitrogens with zero attached hydrogens (tertiary/aromatic N) is 2. The molecule has 2 rings (SSSR count). The van der Waals surface area contributed by atoms with Gasteiger partial charge in [-0.3, -0.25) is 4.98 Å². The van der Waals surface area contributed by atoms with Crippen LogP contribution < -0.4 is 5.46 Å². The summed E-state index contributed by atoms with van der Waals surface area (Å²) in [7, 11) is -0.637. The average molecular weight is 430 g/mol. The lowest BCUT2D eigenvalue weighted by Gasteiger charge is -2.32. The third-order valence-corrected chi connectivity index (χ3v) is 5.04. The molecule has 0 saturated carbocycles. The van der Waals surface area contributed by atoms with Crippen LogP contribution in [0, 0.1) is 0 Å². The molecule has 0 atom stereocenters. The first-order chi connectivity index (χ1) is 13.5. The summed E-state index contributed by atoms with van der Waals surface area (Å²) in [6, 6.07) is 3.40. The zero-order chi connectivity index (χ0) is 23.0. The Morgan fingerprint density at radius 3 is 2.23 bits per heavy atom. The third-order valence-electron chi connectivity index (χ3n) is 5.04. The lowest BCUT2D eigenvalue weighted by molar-refractivity contribution is -0.137. The minimum Gasteiger partial charge on any atom is -0.444 e. The number of ether oxygens (including phenoxy) is 1. The number of amides is 1. The molecule has 0 N–H and O–H groups in total. The van der Waals surface area contributed by atoms with Gasteiger partial charge in [-0.25, -0.2) is 4.79 Å². The van der Waals surface area contributed by atoms with E-state index in [1.165, 1.54) is 6.20 Å². The van der Waals surface area contributed by atoms with Gasteiger partial charge in [0.1, 0.15) is 5.60 Å². The molecule has 1 saturated heterocycles. The summed E-state index contributed by atoms with van der Waals surface area (Å²) in [4.78, 5) is 17.7. The molecule has 0 aliphatic carbocycles. The third kappa shape index (κ3) is 6.60. The number of pyridine rings is 1. The van der Waals surface area contributed by atoms with E-state index in [2.05, 4.69) is 4.98 Å². The summed E-state index contributed by atoms with van der Waals surface area (Å²) >= 11 is 0. The van der Waals surface area contributed by atoms with E-state index in [-0.39, 0.29) is 6.54 Å². The van der Waals surface area contributed by atoms with Crippen molar-refractivity contribution in [1.29, 1.82) is 0 Å². The molecule has 168 valence electrons. The van der Waals surface area contributed by atoms with E-state index in [0.717, 1.165) is 4.90 Å². The van der Waals surface area contributed by atoms with E-state index in [1.807, 2.05) is 27.7 Å². The second kappa shape index (κ2) is 8.38. The molecule has 1 fully saturated rings. The highest BCUT2D eigenvalue weighted by Gasteiger charge is 2.51. The standard InChI is InChI=1S/C20H30BF3N2O4/c1-17(2,3)28-16(27)26(11-9-20(22,23)24)13-15-12-14(8-10-25-15)21-29-18(4,5)19(6,7)30-21/h8,10,12H,9,11,13H2,1-7H3. The molecule has 0 unspecified atom stereocenters. The maximum Gasteiger partial charge on any atom is 0.494 e. The molecule has 30 heavy (non-hydrogen) atoms. The minimum atomic E-state index is -4.39. The normalized spacial score (nSPS) is 18.4. The number of aromatic nitrogens is 1. The zero-order valence-electron chi connectivity index (χ0n) is 18.6. The first-order valence-corrected chi connectivity index (χ1v) is 9.84. The average Bonchev–Trinajstić information content (AvgIpc) is 2.77. The smallest absolute Gasteiger partial charge is 0.444 e. The van der Waals surface area contributed by atoms with Crippen molar-refractivity contribution in [2.75, 3.05) is 6.54 Å². The van der Waals surface area contributed by atoms with E-state index in [1.54, 1.807) is 32.9 Å². The van der Waals surface area contributed by atoms with Gasteiger partial charge in [-0.2, -0.15) is 13.2 Å². The first-order valence-electron chi connectivity index (χ1n) is 9.84. The molecule has 1 aliphatic heterocycles. The molecule has 10 heteroatoms. The second-order valence-corrected chi connectivity index (χ2v) is 9.44. The molecule has 0 bridgehead atoms. The van der Waals surface area contributed by atoms with Gasteiger partial charge in [-0.15, -0.1) is 0 Å². The van der Waals surface area contributed by atoms with Crippen LogP contribution in [0.3, 0.4) is 0 Å². The molecule has 6 nitrogen and oxygen atoms in total. The monoisotopic (exact) mass is 430 g/mol. The molecule has 1 amide bonds. The van der Waals surface area contributed by atoms with Crippen LogP contribution in [0.25, 0.3) is 0 Å². The number of carbonyl (C=O) groups excluding carboxylic acids is 1. The van der Waals surface area contributed by atoms with Crippen LogP contribution in [0.2, 0.25) is 0 Å². The maximum atomic E-state index is 12.7. The highest BCUT2D eigenvalue weighted by molar-refractivity contribution is 6.62.